The Kier molecular flexibility index (Phi) is 6.63. The van der Waals surface area contributed by atoms with Crippen molar-refractivity contribution in [3.63, 3.8) is 0 Å². The van der Waals surface area contributed by atoms with Crippen molar-refractivity contribution in [3.8, 4) is 0 Å². The summed E-state index contributed by atoms with van der Waals surface area (Å²) in [7, 11) is 2.14. The first-order valence-electron chi connectivity index (χ1n) is 9.73. The molecule has 0 saturated carbocycles. The summed E-state index contributed by atoms with van der Waals surface area (Å²) in [6, 6.07) is 6.50. The number of morpholine rings is 1. The van der Waals surface area contributed by atoms with E-state index in [9.17, 15) is 9.18 Å². The molecular formula is C21H30FN3O2. The molecule has 1 N–H and O–H groups in total. The molecule has 0 unspecified atom stereocenters. The number of amides is 1. The summed E-state index contributed by atoms with van der Waals surface area (Å²) in [6.07, 6.45) is 3.67. The molecule has 0 bridgehead atoms. The number of piperidine rings is 1. The molecule has 1 aromatic rings. The van der Waals surface area contributed by atoms with E-state index in [0.29, 0.717) is 17.7 Å². The van der Waals surface area contributed by atoms with Crippen LogP contribution in [-0.2, 0) is 9.53 Å². The van der Waals surface area contributed by atoms with E-state index in [0.717, 1.165) is 52.2 Å². The van der Waals surface area contributed by atoms with E-state index < -0.39 is 0 Å². The molecule has 0 spiro atoms. The molecule has 2 fully saturated rings. The van der Waals surface area contributed by atoms with Crippen molar-refractivity contribution in [2.75, 3.05) is 53.0 Å². The summed E-state index contributed by atoms with van der Waals surface area (Å²) in [5, 5.41) is 3.11. The van der Waals surface area contributed by atoms with Crippen molar-refractivity contribution in [1.82, 2.24) is 15.1 Å². The van der Waals surface area contributed by atoms with Gasteiger partial charge in [0, 0.05) is 36.3 Å². The van der Waals surface area contributed by atoms with E-state index in [1.165, 1.54) is 6.07 Å². The zero-order chi connectivity index (χ0) is 19.3. The highest BCUT2D eigenvalue weighted by Gasteiger charge is 2.40. The number of nitrogens with zero attached hydrogens (tertiary/aromatic N) is 2. The normalized spacial score (nSPS) is 21.8. The molecule has 2 saturated heterocycles. The second kappa shape index (κ2) is 8.95. The first kappa shape index (κ1) is 20.0. The number of carbonyl (C=O) groups excluding carboxylic acids is 1. The summed E-state index contributed by atoms with van der Waals surface area (Å²) >= 11 is 0. The summed E-state index contributed by atoms with van der Waals surface area (Å²) in [6.45, 7) is 7.71. The summed E-state index contributed by atoms with van der Waals surface area (Å²) in [4.78, 5) is 17.5. The quantitative estimate of drug-likeness (QED) is 0.801. The molecule has 27 heavy (non-hydrogen) atoms. The lowest BCUT2D eigenvalue weighted by Crippen LogP contribution is -2.62. The van der Waals surface area contributed by atoms with E-state index in [-0.39, 0.29) is 17.3 Å². The first-order chi connectivity index (χ1) is 13.0. The van der Waals surface area contributed by atoms with Crippen molar-refractivity contribution in [1.29, 1.82) is 0 Å². The number of likely N-dealkylation sites (tertiary alicyclic amines) is 1. The molecule has 6 heteroatoms. The molecule has 2 heterocycles. The van der Waals surface area contributed by atoms with Gasteiger partial charge in [-0.2, -0.15) is 0 Å². The largest absolute Gasteiger partial charge is 0.379 e. The van der Waals surface area contributed by atoms with Gasteiger partial charge in [-0.3, -0.25) is 9.69 Å². The smallest absolute Gasteiger partial charge is 0.247 e. The minimum Gasteiger partial charge on any atom is -0.379 e. The molecule has 2 aliphatic rings. The lowest BCUT2D eigenvalue weighted by atomic mass is 9.85. The van der Waals surface area contributed by atoms with Crippen LogP contribution in [0.3, 0.4) is 0 Å². The number of rotatable bonds is 5. The lowest BCUT2D eigenvalue weighted by molar-refractivity contribution is -0.118. The Bertz CT molecular complexity index is 678. The van der Waals surface area contributed by atoms with Crippen LogP contribution in [-0.4, -0.2) is 74.2 Å². The summed E-state index contributed by atoms with van der Waals surface area (Å²) in [5.41, 5.74) is 0.932. The molecule has 0 radical (unpaired) electrons. The average molecular weight is 375 g/mol. The van der Waals surface area contributed by atoms with Crippen molar-refractivity contribution < 1.29 is 13.9 Å². The van der Waals surface area contributed by atoms with E-state index in [1.807, 2.05) is 0 Å². The van der Waals surface area contributed by atoms with Crippen LogP contribution in [0.2, 0.25) is 0 Å². The number of benzene rings is 1. The van der Waals surface area contributed by atoms with Crippen LogP contribution >= 0.6 is 0 Å². The van der Waals surface area contributed by atoms with E-state index >= 15 is 0 Å². The standard InChI is InChI=1S/C21H30FN3O2/c1-17(15-18-5-3-4-6-19(18)22)20(26)23-16-21(7-9-24(2)10-8-21)25-11-13-27-14-12-25/h3-6,15H,7-14,16H2,1-2H3,(H,23,26)/b17-15+. The van der Waals surface area contributed by atoms with Crippen LogP contribution in [0.25, 0.3) is 6.08 Å². The number of hydrogen-bond donors (Lipinski definition) is 1. The maximum Gasteiger partial charge on any atom is 0.247 e. The van der Waals surface area contributed by atoms with Gasteiger partial charge in [-0.1, -0.05) is 18.2 Å². The van der Waals surface area contributed by atoms with Gasteiger partial charge in [0.1, 0.15) is 5.82 Å². The minimum absolute atomic E-state index is 0.0236. The van der Waals surface area contributed by atoms with Gasteiger partial charge in [0.2, 0.25) is 5.91 Å². The Balaban J connectivity index is 1.67. The number of halogens is 1. The minimum atomic E-state index is -0.315. The predicted octanol–water partition coefficient (Wildman–Crippen LogP) is 2.14. The Morgan fingerprint density at radius 3 is 2.56 bits per heavy atom. The summed E-state index contributed by atoms with van der Waals surface area (Å²) < 4.78 is 19.3. The Labute approximate surface area is 161 Å². The predicted molar refractivity (Wildman–Crippen MR) is 105 cm³/mol. The van der Waals surface area contributed by atoms with Gasteiger partial charge in [-0.25, -0.2) is 4.39 Å². The van der Waals surface area contributed by atoms with Crippen LogP contribution in [0.15, 0.2) is 29.8 Å². The average Bonchev–Trinajstić information content (AvgIpc) is 2.70. The van der Waals surface area contributed by atoms with Crippen LogP contribution in [0.1, 0.15) is 25.3 Å². The maximum atomic E-state index is 13.8. The van der Waals surface area contributed by atoms with Crippen LogP contribution in [0, 0.1) is 5.82 Å². The van der Waals surface area contributed by atoms with E-state index in [2.05, 4.69) is 22.2 Å². The molecule has 0 aromatic heterocycles. The number of carbonyl (C=O) groups is 1. The molecule has 3 rings (SSSR count). The highest BCUT2D eigenvalue weighted by atomic mass is 19.1. The van der Waals surface area contributed by atoms with Gasteiger partial charge in [0.25, 0.3) is 0 Å². The van der Waals surface area contributed by atoms with E-state index in [4.69, 9.17) is 4.74 Å². The fraction of sp³-hybridized carbons (Fsp3) is 0.571. The van der Waals surface area contributed by atoms with Crippen molar-refractivity contribution >= 4 is 12.0 Å². The second-order valence-electron chi connectivity index (χ2n) is 7.66. The summed E-state index contributed by atoms with van der Waals surface area (Å²) in [5.74, 6) is -0.449. The third kappa shape index (κ3) is 4.94. The van der Waals surface area contributed by atoms with E-state index in [1.54, 1.807) is 31.2 Å². The number of ether oxygens (including phenoxy) is 1. The Morgan fingerprint density at radius 1 is 1.22 bits per heavy atom. The zero-order valence-electron chi connectivity index (χ0n) is 16.3. The third-order valence-corrected chi connectivity index (χ3v) is 5.81. The Morgan fingerprint density at radius 2 is 1.89 bits per heavy atom. The molecule has 0 atom stereocenters. The van der Waals surface area contributed by atoms with Gasteiger partial charge in [-0.15, -0.1) is 0 Å². The van der Waals surface area contributed by atoms with Gasteiger partial charge in [-0.05, 0) is 52.0 Å². The maximum absolute atomic E-state index is 13.8. The number of hydrogen-bond acceptors (Lipinski definition) is 4. The second-order valence-corrected chi connectivity index (χ2v) is 7.66. The molecule has 1 aromatic carbocycles. The molecule has 0 aliphatic carbocycles. The number of nitrogens with one attached hydrogen (secondary N) is 1. The molecular weight excluding hydrogens is 345 g/mol. The highest BCUT2D eigenvalue weighted by Crippen LogP contribution is 2.29. The zero-order valence-corrected chi connectivity index (χ0v) is 16.3. The van der Waals surface area contributed by atoms with Gasteiger partial charge in [0.05, 0.1) is 13.2 Å². The fourth-order valence-corrected chi connectivity index (χ4v) is 3.95. The fourth-order valence-electron chi connectivity index (χ4n) is 3.95. The van der Waals surface area contributed by atoms with Gasteiger partial charge >= 0.3 is 0 Å². The monoisotopic (exact) mass is 375 g/mol. The van der Waals surface area contributed by atoms with Crippen LogP contribution in [0.5, 0.6) is 0 Å². The van der Waals surface area contributed by atoms with Crippen LogP contribution in [0.4, 0.5) is 4.39 Å². The third-order valence-electron chi connectivity index (χ3n) is 5.81. The van der Waals surface area contributed by atoms with Crippen molar-refractivity contribution in [2.24, 2.45) is 0 Å². The topological polar surface area (TPSA) is 44.8 Å². The molecule has 148 valence electrons. The molecule has 2 aliphatic heterocycles. The lowest BCUT2D eigenvalue weighted by Gasteiger charge is -2.49. The van der Waals surface area contributed by atoms with Crippen molar-refractivity contribution in [2.45, 2.75) is 25.3 Å². The molecule has 1 amide bonds. The van der Waals surface area contributed by atoms with Crippen LogP contribution < -0.4 is 5.32 Å². The van der Waals surface area contributed by atoms with Gasteiger partial charge < -0.3 is 15.0 Å². The first-order valence-corrected chi connectivity index (χ1v) is 9.73. The Hall–Kier alpha value is -1.76. The highest BCUT2D eigenvalue weighted by molar-refractivity contribution is 5.97. The van der Waals surface area contributed by atoms with Gasteiger partial charge in [0.15, 0.2) is 0 Å². The molecule has 5 nitrogen and oxygen atoms in total. The van der Waals surface area contributed by atoms with Crippen molar-refractivity contribution in [3.05, 3.63) is 41.2 Å². The SMILES string of the molecule is C/C(=C\c1ccccc1F)C(=O)NCC1(N2CCOCC2)CCN(C)CC1.